The van der Waals surface area contributed by atoms with E-state index in [0.717, 1.165) is 16.1 Å². The van der Waals surface area contributed by atoms with Crippen LogP contribution in [0.4, 0.5) is 5.69 Å². The molecule has 152 valence electrons. The van der Waals surface area contributed by atoms with E-state index in [0.29, 0.717) is 24.2 Å². The molecule has 0 fully saturated rings. The van der Waals surface area contributed by atoms with E-state index in [1.165, 1.54) is 13.2 Å². The number of hydrogen-bond donors (Lipinski definition) is 3. The van der Waals surface area contributed by atoms with Gasteiger partial charge in [0.25, 0.3) is 10.0 Å². The molecule has 7 nitrogen and oxygen atoms in total. The van der Waals surface area contributed by atoms with Gasteiger partial charge in [0.15, 0.2) is 0 Å². The lowest BCUT2D eigenvalue weighted by atomic mass is 10.2. The molecule has 0 amide bonds. The van der Waals surface area contributed by atoms with Gasteiger partial charge in [-0.05, 0) is 30.7 Å². The van der Waals surface area contributed by atoms with Gasteiger partial charge >= 0.3 is 0 Å². The van der Waals surface area contributed by atoms with Gasteiger partial charge in [-0.2, -0.15) is 0 Å². The summed E-state index contributed by atoms with van der Waals surface area (Å²) in [6.45, 7) is 0.811. The van der Waals surface area contributed by atoms with Crippen molar-refractivity contribution in [1.82, 2.24) is 4.98 Å². The molecule has 2 heterocycles. The number of thioether (sulfide) groups is 1. The van der Waals surface area contributed by atoms with Gasteiger partial charge in [0.1, 0.15) is 15.7 Å². The number of benzene rings is 2. The second-order valence-electron chi connectivity index (χ2n) is 6.61. The fourth-order valence-electron chi connectivity index (χ4n) is 3.26. The molecule has 1 aliphatic heterocycles. The molecule has 3 N–H and O–H groups in total. The third kappa shape index (κ3) is 3.98. The minimum atomic E-state index is -3.83. The van der Waals surface area contributed by atoms with Crippen LogP contribution in [0.3, 0.4) is 0 Å². The quantitative estimate of drug-likeness (QED) is 0.533. The van der Waals surface area contributed by atoms with Gasteiger partial charge in [0.2, 0.25) is 0 Å². The Morgan fingerprint density at radius 3 is 2.90 bits per heavy atom. The first-order chi connectivity index (χ1) is 14.0. The second-order valence-corrected chi connectivity index (χ2v) is 9.55. The average molecular weight is 432 g/mol. The van der Waals surface area contributed by atoms with Crippen molar-refractivity contribution in [2.45, 2.75) is 16.6 Å². The summed E-state index contributed by atoms with van der Waals surface area (Å²) in [7, 11) is -2.39. The molecule has 0 saturated carbocycles. The van der Waals surface area contributed by atoms with E-state index in [4.69, 9.17) is 9.84 Å². The Hall–Kier alpha value is -2.49. The van der Waals surface area contributed by atoms with Gasteiger partial charge in [-0.1, -0.05) is 36.0 Å². The maximum Gasteiger partial charge on any atom is 0.265 e. The summed E-state index contributed by atoms with van der Waals surface area (Å²) in [5.41, 5.74) is 1.99. The van der Waals surface area contributed by atoms with Crippen molar-refractivity contribution in [2.75, 3.05) is 25.0 Å². The highest BCUT2D eigenvalue weighted by molar-refractivity contribution is 8.15. The summed E-state index contributed by atoms with van der Waals surface area (Å²) in [4.78, 5) is 7.93. The summed E-state index contributed by atoms with van der Waals surface area (Å²) >= 11 is 1.63. The number of aliphatic hydroxyl groups is 1. The van der Waals surface area contributed by atoms with Crippen molar-refractivity contribution >= 4 is 43.4 Å². The van der Waals surface area contributed by atoms with E-state index in [1.807, 2.05) is 12.1 Å². The third-order valence-corrected chi connectivity index (χ3v) is 7.35. The molecule has 4 rings (SSSR count). The van der Waals surface area contributed by atoms with E-state index in [-0.39, 0.29) is 22.5 Å². The number of aliphatic imine (C=N–C) groups is 1. The van der Waals surface area contributed by atoms with Gasteiger partial charge in [-0.3, -0.25) is 9.71 Å². The highest BCUT2D eigenvalue weighted by Crippen LogP contribution is 2.32. The van der Waals surface area contributed by atoms with Crippen molar-refractivity contribution in [3.8, 4) is 5.75 Å². The number of rotatable bonds is 7. The molecule has 1 aromatic heterocycles. The predicted molar refractivity (Wildman–Crippen MR) is 117 cm³/mol. The molecular weight excluding hydrogens is 410 g/mol. The maximum atomic E-state index is 12.9. The number of ether oxygens (including phenoxy) is 1. The van der Waals surface area contributed by atoms with Gasteiger partial charge < -0.3 is 14.8 Å². The Morgan fingerprint density at radius 1 is 1.28 bits per heavy atom. The lowest BCUT2D eigenvalue weighted by molar-refractivity contribution is 0.288. The minimum Gasteiger partial charge on any atom is -0.495 e. The van der Waals surface area contributed by atoms with Gasteiger partial charge in [-0.25, -0.2) is 8.42 Å². The minimum absolute atomic E-state index is 0.0776. The van der Waals surface area contributed by atoms with E-state index >= 15 is 0 Å². The molecule has 3 aromatic rings. The zero-order chi connectivity index (χ0) is 20.4. The van der Waals surface area contributed by atoms with Gasteiger partial charge in [-0.15, -0.1) is 0 Å². The zero-order valence-electron chi connectivity index (χ0n) is 15.8. The molecule has 0 spiro atoms. The summed E-state index contributed by atoms with van der Waals surface area (Å²) < 4.78 is 33.8. The number of anilines is 1. The molecular formula is C20H21N3O4S2. The Morgan fingerprint density at radius 2 is 2.10 bits per heavy atom. The van der Waals surface area contributed by atoms with E-state index < -0.39 is 10.0 Å². The number of aromatic nitrogens is 1. The Kier molecular flexibility index (Phi) is 5.53. The largest absolute Gasteiger partial charge is 0.495 e. The number of aromatic amines is 1. The number of nitrogens with one attached hydrogen (secondary N) is 2. The lowest BCUT2D eigenvalue weighted by Crippen LogP contribution is -2.14. The van der Waals surface area contributed by atoms with Crippen LogP contribution in [-0.4, -0.2) is 49.1 Å². The van der Waals surface area contributed by atoms with E-state index in [9.17, 15) is 8.42 Å². The maximum absolute atomic E-state index is 12.9. The second kappa shape index (κ2) is 8.10. The number of para-hydroxylation sites is 2. The zero-order valence-corrected chi connectivity index (χ0v) is 17.4. The summed E-state index contributed by atoms with van der Waals surface area (Å²) in [6, 6.07) is 13.9. The fourth-order valence-corrected chi connectivity index (χ4v) is 5.57. The van der Waals surface area contributed by atoms with Crippen LogP contribution in [0.25, 0.3) is 10.9 Å². The third-order valence-electron chi connectivity index (χ3n) is 4.66. The van der Waals surface area contributed by atoms with Crippen LogP contribution in [0, 0.1) is 0 Å². The van der Waals surface area contributed by atoms with Crippen LogP contribution >= 0.6 is 11.8 Å². The molecule has 29 heavy (non-hydrogen) atoms. The summed E-state index contributed by atoms with van der Waals surface area (Å²) in [5.74, 6) is 0.283. The molecule has 0 radical (unpaired) electrons. The number of methoxy groups -OCH3 is 1. The fraction of sp³-hybridized carbons (Fsp3) is 0.250. The van der Waals surface area contributed by atoms with Gasteiger partial charge in [0.05, 0.1) is 30.6 Å². The highest BCUT2D eigenvalue weighted by Gasteiger charge is 2.23. The van der Waals surface area contributed by atoms with Crippen molar-refractivity contribution in [3.05, 3.63) is 54.2 Å². The molecule has 0 bridgehead atoms. The molecule has 2 aromatic carbocycles. The lowest BCUT2D eigenvalue weighted by Gasteiger charge is -2.12. The van der Waals surface area contributed by atoms with Crippen LogP contribution in [0.2, 0.25) is 0 Å². The van der Waals surface area contributed by atoms with Crippen LogP contribution in [0.1, 0.15) is 12.1 Å². The number of sulfonamides is 1. The average Bonchev–Trinajstić information content (AvgIpc) is 3.35. The van der Waals surface area contributed by atoms with Crippen LogP contribution < -0.4 is 9.46 Å². The molecule has 1 aliphatic rings. The SMILES string of the molecule is COc1ccccc1S(=O)(=O)Nc1cccc2cc(C3=NCC(CCO)S3)[nH]c12. The smallest absolute Gasteiger partial charge is 0.265 e. The number of fused-ring (bicyclic) bond motifs is 1. The molecule has 1 atom stereocenters. The monoisotopic (exact) mass is 431 g/mol. The summed E-state index contributed by atoms with van der Waals surface area (Å²) in [6.07, 6.45) is 0.696. The summed E-state index contributed by atoms with van der Waals surface area (Å²) in [5, 5.41) is 11.2. The topological polar surface area (TPSA) is 104 Å². The molecule has 0 saturated heterocycles. The van der Waals surface area contributed by atoms with Crippen molar-refractivity contribution in [1.29, 1.82) is 0 Å². The number of H-pyrrole nitrogens is 1. The van der Waals surface area contributed by atoms with Gasteiger partial charge in [0, 0.05) is 17.2 Å². The first-order valence-electron chi connectivity index (χ1n) is 9.12. The van der Waals surface area contributed by atoms with Crippen molar-refractivity contribution in [3.63, 3.8) is 0 Å². The Labute approximate surface area is 173 Å². The van der Waals surface area contributed by atoms with Crippen LogP contribution in [0.5, 0.6) is 5.75 Å². The molecule has 1 unspecified atom stereocenters. The standard InChI is InChI=1S/C20H21N3O4S2/c1-27-17-7-2-3-8-18(17)29(25,26)23-15-6-4-5-13-11-16(22-19(13)15)20-21-12-14(28-20)9-10-24/h2-8,11,14,22-24H,9-10,12H2,1H3. The van der Waals surface area contributed by atoms with E-state index in [2.05, 4.69) is 14.7 Å². The van der Waals surface area contributed by atoms with Crippen LogP contribution in [-0.2, 0) is 10.0 Å². The Bertz CT molecular complexity index is 1170. The molecule has 9 heteroatoms. The Balaban J connectivity index is 1.66. The first kappa shape index (κ1) is 19.8. The predicted octanol–water partition coefficient (Wildman–Crippen LogP) is 3.22. The van der Waals surface area contributed by atoms with Crippen LogP contribution in [0.15, 0.2) is 58.4 Å². The molecule has 0 aliphatic carbocycles. The number of hydrogen-bond acceptors (Lipinski definition) is 6. The number of aliphatic hydroxyl groups excluding tert-OH is 1. The highest BCUT2D eigenvalue weighted by atomic mass is 32.2. The van der Waals surface area contributed by atoms with E-state index in [1.54, 1.807) is 42.1 Å². The van der Waals surface area contributed by atoms with Crippen molar-refractivity contribution < 1.29 is 18.3 Å². The first-order valence-corrected chi connectivity index (χ1v) is 11.5. The number of nitrogens with zero attached hydrogens (tertiary/aromatic N) is 1. The van der Waals surface area contributed by atoms with Crippen molar-refractivity contribution in [2.24, 2.45) is 4.99 Å². The normalized spacial score (nSPS) is 16.8.